The summed E-state index contributed by atoms with van der Waals surface area (Å²) in [6.45, 7) is 6.52. The molecule has 0 saturated carbocycles. The number of benzene rings is 2. The number of rotatable bonds is 10. The highest BCUT2D eigenvalue weighted by Gasteiger charge is 2.22. The van der Waals surface area contributed by atoms with E-state index in [0.29, 0.717) is 12.5 Å². The Balaban J connectivity index is 1.56. The van der Waals surface area contributed by atoms with E-state index in [9.17, 15) is 0 Å². The Morgan fingerprint density at radius 2 is 1.84 bits per heavy atom. The van der Waals surface area contributed by atoms with Crippen LogP contribution in [-0.4, -0.2) is 24.9 Å². The molecule has 0 radical (unpaired) electrons. The minimum Gasteiger partial charge on any atom is -0.485 e. The van der Waals surface area contributed by atoms with E-state index in [1.807, 2.05) is 73.0 Å². The Labute approximate surface area is 192 Å². The zero-order valence-corrected chi connectivity index (χ0v) is 19.4. The number of nitrogens with zero attached hydrogens (tertiary/aromatic N) is 5. The van der Waals surface area contributed by atoms with Gasteiger partial charge in [-0.1, -0.05) is 66.7 Å². The molecule has 4 aromatic rings. The first-order chi connectivity index (χ1) is 15.7. The highest BCUT2D eigenvalue weighted by atomic mass is 32.2. The van der Waals surface area contributed by atoms with Gasteiger partial charge in [-0.3, -0.25) is 4.57 Å². The smallest absolute Gasteiger partial charge is 0.239 e. The molecule has 0 aliphatic carbocycles. The van der Waals surface area contributed by atoms with Gasteiger partial charge in [-0.25, -0.2) is 0 Å². The number of hydrogen-bond donors (Lipinski definition) is 0. The molecule has 1 unspecified atom stereocenters. The van der Waals surface area contributed by atoms with Gasteiger partial charge < -0.3 is 9.26 Å². The fourth-order valence-corrected chi connectivity index (χ4v) is 4.16. The lowest BCUT2D eigenvalue weighted by Crippen LogP contribution is -2.07. The number of hydrogen-bond acceptors (Lipinski definition) is 7. The van der Waals surface area contributed by atoms with E-state index in [1.165, 1.54) is 11.8 Å². The predicted molar refractivity (Wildman–Crippen MR) is 124 cm³/mol. The lowest BCUT2D eigenvalue weighted by molar-refractivity contribution is 0.291. The van der Waals surface area contributed by atoms with Crippen molar-refractivity contribution in [3.05, 3.63) is 77.7 Å². The molecule has 4 rings (SSSR count). The second-order valence-electron chi connectivity index (χ2n) is 7.54. The van der Waals surface area contributed by atoms with Gasteiger partial charge in [-0.2, -0.15) is 4.98 Å². The van der Waals surface area contributed by atoms with Crippen LogP contribution in [-0.2, 0) is 13.0 Å². The summed E-state index contributed by atoms with van der Waals surface area (Å²) in [6, 6.07) is 18.0. The lowest BCUT2D eigenvalue weighted by Gasteiger charge is -2.13. The molecule has 2 aromatic carbocycles. The quantitative estimate of drug-likeness (QED) is 0.286. The Hall–Kier alpha value is -3.13. The van der Waals surface area contributed by atoms with E-state index >= 15 is 0 Å². The van der Waals surface area contributed by atoms with Crippen molar-refractivity contribution in [2.45, 2.75) is 57.0 Å². The van der Waals surface area contributed by atoms with Gasteiger partial charge in [-0.15, -0.1) is 10.2 Å². The van der Waals surface area contributed by atoms with Crippen LogP contribution in [0, 0.1) is 6.92 Å². The molecule has 0 saturated heterocycles. The number of ether oxygens (including phenoxy) is 1. The zero-order chi connectivity index (χ0) is 22.3. The van der Waals surface area contributed by atoms with Gasteiger partial charge in [0.25, 0.3) is 0 Å². The third kappa shape index (κ3) is 5.19. The summed E-state index contributed by atoms with van der Waals surface area (Å²) >= 11 is 1.54. The van der Waals surface area contributed by atoms with Crippen LogP contribution in [0.15, 0.2) is 64.3 Å². The number of aryl methyl sites for hydroxylation is 2. The standard InChI is InChI=1S/C24H27N5O2S/c1-4-5-15-21-25-23(31-28-21)18(3)32-24-27-26-22(29(24)19-12-7-6-8-13-19)16-30-20-14-10-9-11-17(20)2/h6-14,18H,4-5,15-16H2,1-3H3. The minimum absolute atomic E-state index is 0.0605. The summed E-state index contributed by atoms with van der Waals surface area (Å²) < 4.78 is 13.6. The fourth-order valence-electron chi connectivity index (χ4n) is 3.24. The SMILES string of the molecule is CCCCc1noc(C(C)Sc2nnc(COc3ccccc3C)n2-c2ccccc2)n1. The van der Waals surface area contributed by atoms with E-state index in [4.69, 9.17) is 9.26 Å². The van der Waals surface area contributed by atoms with Crippen LogP contribution in [0.4, 0.5) is 0 Å². The molecular formula is C24H27N5O2S. The molecule has 0 N–H and O–H groups in total. The van der Waals surface area contributed by atoms with Gasteiger partial charge in [0.05, 0.1) is 5.25 Å². The van der Waals surface area contributed by atoms with Crippen LogP contribution in [0.5, 0.6) is 5.75 Å². The topological polar surface area (TPSA) is 78.9 Å². The van der Waals surface area contributed by atoms with Crippen LogP contribution in [0.25, 0.3) is 5.69 Å². The molecular weight excluding hydrogens is 422 g/mol. The fraction of sp³-hybridized carbons (Fsp3) is 0.333. The van der Waals surface area contributed by atoms with E-state index in [0.717, 1.165) is 53.1 Å². The largest absolute Gasteiger partial charge is 0.485 e. The molecule has 2 heterocycles. The van der Waals surface area contributed by atoms with Crippen molar-refractivity contribution in [1.82, 2.24) is 24.9 Å². The highest BCUT2D eigenvalue weighted by molar-refractivity contribution is 7.99. The normalized spacial score (nSPS) is 12.1. The second kappa shape index (κ2) is 10.5. The molecule has 0 bridgehead atoms. The maximum absolute atomic E-state index is 6.06. The Bertz CT molecular complexity index is 1140. The van der Waals surface area contributed by atoms with Gasteiger partial charge in [0.15, 0.2) is 16.8 Å². The van der Waals surface area contributed by atoms with Crippen molar-refractivity contribution in [3.8, 4) is 11.4 Å². The molecule has 7 nitrogen and oxygen atoms in total. The van der Waals surface area contributed by atoms with E-state index < -0.39 is 0 Å². The van der Waals surface area contributed by atoms with E-state index in [2.05, 4.69) is 27.3 Å². The summed E-state index contributed by atoms with van der Waals surface area (Å²) in [7, 11) is 0. The van der Waals surface area contributed by atoms with Crippen molar-refractivity contribution in [2.24, 2.45) is 0 Å². The van der Waals surface area contributed by atoms with Crippen LogP contribution < -0.4 is 4.74 Å². The van der Waals surface area contributed by atoms with E-state index in [-0.39, 0.29) is 5.25 Å². The molecule has 32 heavy (non-hydrogen) atoms. The molecule has 8 heteroatoms. The van der Waals surface area contributed by atoms with Gasteiger partial charge in [0, 0.05) is 12.1 Å². The number of aromatic nitrogens is 5. The van der Waals surface area contributed by atoms with Gasteiger partial charge in [0.1, 0.15) is 12.4 Å². The highest BCUT2D eigenvalue weighted by Crippen LogP contribution is 2.34. The summed E-state index contributed by atoms with van der Waals surface area (Å²) in [5, 5.41) is 13.7. The number of thioether (sulfide) groups is 1. The first kappa shape index (κ1) is 22.1. The van der Waals surface area contributed by atoms with Crippen molar-refractivity contribution in [2.75, 3.05) is 0 Å². The van der Waals surface area contributed by atoms with Crippen molar-refractivity contribution in [1.29, 1.82) is 0 Å². The summed E-state index contributed by atoms with van der Waals surface area (Å²) in [5.74, 6) is 2.92. The minimum atomic E-state index is -0.0605. The summed E-state index contributed by atoms with van der Waals surface area (Å²) in [4.78, 5) is 4.56. The van der Waals surface area contributed by atoms with Gasteiger partial charge >= 0.3 is 0 Å². The molecule has 0 amide bonds. The third-order valence-electron chi connectivity index (χ3n) is 5.03. The molecule has 0 aliphatic rings. The van der Waals surface area contributed by atoms with Crippen molar-refractivity contribution in [3.63, 3.8) is 0 Å². The monoisotopic (exact) mass is 449 g/mol. The van der Waals surface area contributed by atoms with E-state index in [1.54, 1.807) is 0 Å². The molecule has 166 valence electrons. The van der Waals surface area contributed by atoms with Crippen LogP contribution in [0.1, 0.15) is 55.0 Å². The average molecular weight is 450 g/mol. The molecule has 0 fully saturated rings. The predicted octanol–water partition coefficient (Wildman–Crippen LogP) is 5.73. The molecule has 2 aromatic heterocycles. The maximum atomic E-state index is 6.06. The Morgan fingerprint density at radius 1 is 1.06 bits per heavy atom. The molecule has 0 aliphatic heterocycles. The van der Waals surface area contributed by atoms with Crippen molar-refractivity contribution < 1.29 is 9.26 Å². The average Bonchev–Trinajstić information content (AvgIpc) is 3.45. The van der Waals surface area contributed by atoms with Crippen LogP contribution >= 0.6 is 11.8 Å². The molecule has 0 spiro atoms. The molecule has 1 atom stereocenters. The maximum Gasteiger partial charge on any atom is 0.239 e. The van der Waals surface area contributed by atoms with Crippen molar-refractivity contribution >= 4 is 11.8 Å². The number of unbranched alkanes of at least 4 members (excludes halogenated alkanes) is 1. The first-order valence-corrected chi connectivity index (χ1v) is 11.7. The summed E-state index contributed by atoms with van der Waals surface area (Å²) in [6.07, 6.45) is 2.98. The van der Waals surface area contributed by atoms with Gasteiger partial charge in [-0.05, 0) is 44.0 Å². The lowest BCUT2D eigenvalue weighted by atomic mass is 10.2. The third-order valence-corrected chi connectivity index (χ3v) is 6.06. The zero-order valence-electron chi connectivity index (χ0n) is 18.6. The number of para-hydroxylation sites is 2. The van der Waals surface area contributed by atoms with Crippen LogP contribution in [0.3, 0.4) is 0 Å². The Kier molecular flexibility index (Phi) is 7.21. The first-order valence-electron chi connectivity index (χ1n) is 10.8. The summed E-state index contributed by atoms with van der Waals surface area (Å²) in [5.41, 5.74) is 2.06. The second-order valence-corrected chi connectivity index (χ2v) is 8.84. The van der Waals surface area contributed by atoms with Gasteiger partial charge in [0.2, 0.25) is 5.89 Å². The van der Waals surface area contributed by atoms with Crippen LogP contribution in [0.2, 0.25) is 0 Å². The Morgan fingerprint density at radius 3 is 2.62 bits per heavy atom.